The Morgan fingerprint density at radius 3 is 2.88 bits per heavy atom. The summed E-state index contributed by atoms with van der Waals surface area (Å²) in [5.41, 5.74) is 1.11. The number of carbonyl (C=O) groups excluding carboxylic acids is 1. The summed E-state index contributed by atoms with van der Waals surface area (Å²) in [6, 6.07) is 9.96. The molecule has 1 atom stereocenters. The molecule has 1 aromatic rings. The Bertz CT molecular complexity index is 375. The summed E-state index contributed by atoms with van der Waals surface area (Å²) in [5, 5.41) is 0. The third-order valence-corrected chi connectivity index (χ3v) is 2.77. The standard InChI is InChI=1S/C13H15NO2/c1-2-13(15)14-8-9-16-10-12(14)11-6-4-3-5-7-11/h2-7,12H,1,8-10H2. The Balaban J connectivity index is 2.23. The van der Waals surface area contributed by atoms with Crippen LogP contribution < -0.4 is 0 Å². The van der Waals surface area contributed by atoms with Crippen molar-refractivity contribution >= 4 is 5.91 Å². The highest BCUT2D eigenvalue weighted by molar-refractivity contribution is 5.87. The lowest BCUT2D eigenvalue weighted by Gasteiger charge is -2.35. The first kappa shape index (κ1) is 10.9. The van der Waals surface area contributed by atoms with Gasteiger partial charge < -0.3 is 9.64 Å². The molecule has 1 heterocycles. The Morgan fingerprint density at radius 2 is 2.19 bits per heavy atom. The van der Waals surface area contributed by atoms with Gasteiger partial charge in [-0.2, -0.15) is 0 Å². The number of amides is 1. The maximum Gasteiger partial charge on any atom is 0.246 e. The Labute approximate surface area is 95.3 Å². The number of morpholine rings is 1. The normalized spacial score (nSPS) is 20.5. The van der Waals surface area contributed by atoms with E-state index in [0.717, 1.165) is 5.56 Å². The van der Waals surface area contributed by atoms with Gasteiger partial charge in [0.15, 0.2) is 0 Å². The third kappa shape index (κ3) is 2.14. The summed E-state index contributed by atoms with van der Waals surface area (Å²) < 4.78 is 5.43. The number of hydrogen-bond donors (Lipinski definition) is 0. The molecule has 1 amide bonds. The molecule has 1 aliphatic rings. The number of hydrogen-bond acceptors (Lipinski definition) is 2. The van der Waals surface area contributed by atoms with Gasteiger partial charge in [0.25, 0.3) is 0 Å². The molecule has 0 radical (unpaired) electrons. The lowest BCUT2D eigenvalue weighted by molar-refractivity contribution is -0.134. The van der Waals surface area contributed by atoms with Gasteiger partial charge in [0, 0.05) is 6.54 Å². The number of benzene rings is 1. The Morgan fingerprint density at radius 1 is 1.44 bits per heavy atom. The summed E-state index contributed by atoms with van der Waals surface area (Å²) in [5.74, 6) is -0.0304. The van der Waals surface area contributed by atoms with Gasteiger partial charge in [0.2, 0.25) is 5.91 Å². The van der Waals surface area contributed by atoms with Crippen LogP contribution in [0.1, 0.15) is 11.6 Å². The van der Waals surface area contributed by atoms with Gasteiger partial charge in [0.05, 0.1) is 19.3 Å². The highest BCUT2D eigenvalue weighted by Gasteiger charge is 2.26. The number of ether oxygens (including phenoxy) is 1. The minimum Gasteiger partial charge on any atom is -0.377 e. The van der Waals surface area contributed by atoms with E-state index in [2.05, 4.69) is 6.58 Å². The summed E-state index contributed by atoms with van der Waals surface area (Å²) in [4.78, 5) is 13.5. The molecule has 0 saturated carbocycles. The molecular formula is C13H15NO2. The maximum absolute atomic E-state index is 11.7. The second-order valence-corrected chi connectivity index (χ2v) is 3.74. The zero-order valence-corrected chi connectivity index (χ0v) is 9.13. The van der Waals surface area contributed by atoms with Crippen LogP contribution in [0.5, 0.6) is 0 Å². The predicted octanol–water partition coefficient (Wildman–Crippen LogP) is 1.77. The Hall–Kier alpha value is -1.61. The fraction of sp³-hybridized carbons (Fsp3) is 0.308. The topological polar surface area (TPSA) is 29.5 Å². The largest absolute Gasteiger partial charge is 0.377 e. The molecule has 2 rings (SSSR count). The quantitative estimate of drug-likeness (QED) is 0.707. The summed E-state index contributed by atoms with van der Waals surface area (Å²) in [6.45, 7) is 5.32. The van der Waals surface area contributed by atoms with E-state index >= 15 is 0 Å². The van der Waals surface area contributed by atoms with E-state index in [1.165, 1.54) is 6.08 Å². The van der Waals surface area contributed by atoms with Gasteiger partial charge >= 0.3 is 0 Å². The van der Waals surface area contributed by atoms with Crippen LogP contribution >= 0.6 is 0 Å². The lowest BCUT2D eigenvalue weighted by atomic mass is 10.0. The van der Waals surface area contributed by atoms with Gasteiger partial charge in [-0.15, -0.1) is 0 Å². The molecule has 1 saturated heterocycles. The van der Waals surface area contributed by atoms with Crippen molar-refractivity contribution in [2.24, 2.45) is 0 Å². The molecule has 16 heavy (non-hydrogen) atoms. The molecule has 3 heteroatoms. The van der Waals surface area contributed by atoms with Crippen LogP contribution in [-0.2, 0) is 9.53 Å². The van der Waals surface area contributed by atoms with Crippen molar-refractivity contribution in [1.82, 2.24) is 4.90 Å². The molecule has 3 nitrogen and oxygen atoms in total. The zero-order chi connectivity index (χ0) is 11.4. The molecule has 0 aliphatic carbocycles. The second-order valence-electron chi connectivity index (χ2n) is 3.74. The molecule has 84 valence electrons. The van der Waals surface area contributed by atoms with Crippen LogP contribution in [0.15, 0.2) is 43.0 Å². The van der Waals surface area contributed by atoms with E-state index in [1.807, 2.05) is 35.2 Å². The number of carbonyl (C=O) groups is 1. The summed E-state index contributed by atoms with van der Waals surface area (Å²) >= 11 is 0. The SMILES string of the molecule is C=CC(=O)N1CCOCC1c1ccccc1. The molecule has 1 aromatic carbocycles. The Kier molecular flexibility index (Phi) is 3.37. The van der Waals surface area contributed by atoms with E-state index < -0.39 is 0 Å². The van der Waals surface area contributed by atoms with Crippen LogP contribution in [0.2, 0.25) is 0 Å². The van der Waals surface area contributed by atoms with Crippen LogP contribution in [0.3, 0.4) is 0 Å². The molecule has 0 spiro atoms. The van der Waals surface area contributed by atoms with Gasteiger partial charge in [0.1, 0.15) is 0 Å². The van der Waals surface area contributed by atoms with E-state index in [0.29, 0.717) is 19.8 Å². The first-order chi connectivity index (χ1) is 7.83. The van der Waals surface area contributed by atoms with Crippen molar-refractivity contribution in [2.75, 3.05) is 19.8 Å². The van der Waals surface area contributed by atoms with Crippen LogP contribution in [-0.4, -0.2) is 30.6 Å². The summed E-state index contributed by atoms with van der Waals surface area (Å²) in [7, 11) is 0. The highest BCUT2D eigenvalue weighted by Crippen LogP contribution is 2.23. The van der Waals surface area contributed by atoms with Crippen LogP contribution in [0.25, 0.3) is 0 Å². The lowest BCUT2D eigenvalue weighted by Crippen LogP contribution is -2.42. The van der Waals surface area contributed by atoms with E-state index in [9.17, 15) is 4.79 Å². The maximum atomic E-state index is 11.7. The fourth-order valence-corrected chi connectivity index (χ4v) is 1.94. The highest BCUT2D eigenvalue weighted by atomic mass is 16.5. The second kappa shape index (κ2) is 4.94. The van der Waals surface area contributed by atoms with E-state index in [-0.39, 0.29) is 11.9 Å². The van der Waals surface area contributed by atoms with Crippen molar-refractivity contribution in [1.29, 1.82) is 0 Å². The van der Waals surface area contributed by atoms with Gasteiger partial charge in [-0.05, 0) is 11.6 Å². The van der Waals surface area contributed by atoms with E-state index in [4.69, 9.17) is 4.74 Å². The average Bonchev–Trinajstić information content (AvgIpc) is 2.39. The zero-order valence-electron chi connectivity index (χ0n) is 9.13. The van der Waals surface area contributed by atoms with Crippen molar-refractivity contribution < 1.29 is 9.53 Å². The average molecular weight is 217 g/mol. The first-order valence-corrected chi connectivity index (χ1v) is 5.38. The molecule has 1 fully saturated rings. The molecule has 1 unspecified atom stereocenters. The van der Waals surface area contributed by atoms with Crippen LogP contribution in [0.4, 0.5) is 0 Å². The molecule has 0 bridgehead atoms. The monoisotopic (exact) mass is 217 g/mol. The number of nitrogens with zero attached hydrogens (tertiary/aromatic N) is 1. The third-order valence-electron chi connectivity index (χ3n) is 2.77. The van der Waals surface area contributed by atoms with Gasteiger partial charge in [-0.25, -0.2) is 0 Å². The van der Waals surface area contributed by atoms with Crippen LogP contribution in [0, 0.1) is 0 Å². The molecular weight excluding hydrogens is 202 g/mol. The van der Waals surface area contributed by atoms with Crippen molar-refractivity contribution in [3.63, 3.8) is 0 Å². The minimum atomic E-state index is -0.0304. The smallest absolute Gasteiger partial charge is 0.246 e. The van der Waals surface area contributed by atoms with Crippen molar-refractivity contribution in [3.8, 4) is 0 Å². The molecule has 1 aliphatic heterocycles. The molecule has 0 N–H and O–H groups in total. The molecule has 0 aromatic heterocycles. The van der Waals surface area contributed by atoms with Gasteiger partial charge in [-0.1, -0.05) is 36.9 Å². The van der Waals surface area contributed by atoms with Crippen molar-refractivity contribution in [2.45, 2.75) is 6.04 Å². The van der Waals surface area contributed by atoms with Crippen molar-refractivity contribution in [3.05, 3.63) is 48.6 Å². The predicted molar refractivity (Wildman–Crippen MR) is 61.9 cm³/mol. The van der Waals surface area contributed by atoms with E-state index in [1.54, 1.807) is 0 Å². The van der Waals surface area contributed by atoms with Gasteiger partial charge in [-0.3, -0.25) is 4.79 Å². The first-order valence-electron chi connectivity index (χ1n) is 5.38. The fourth-order valence-electron chi connectivity index (χ4n) is 1.94. The minimum absolute atomic E-state index is 0.0143. The summed E-state index contributed by atoms with van der Waals surface area (Å²) in [6.07, 6.45) is 1.36. The number of rotatable bonds is 2.